The summed E-state index contributed by atoms with van der Waals surface area (Å²) in [6.07, 6.45) is 3.80. The van der Waals surface area contributed by atoms with E-state index in [1.807, 2.05) is 24.3 Å². The largest absolute Gasteiger partial charge is 0.758 e. The molecular formula is C15H15N2O2-. The topological polar surface area (TPSA) is 55.7 Å². The van der Waals surface area contributed by atoms with Crippen molar-refractivity contribution >= 4 is 22.1 Å². The first kappa shape index (κ1) is 12.1. The van der Waals surface area contributed by atoms with Crippen molar-refractivity contribution in [3.05, 3.63) is 45.5 Å². The number of nitrogens with zero attached hydrogens (tertiary/aromatic N) is 2. The first-order valence-corrected chi connectivity index (χ1v) is 6.54. The zero-order valence-electron chi connectivity index (χ0n) is 10.8. The van der Waals surface area contributed by atoms with Gasteiger partial charge in [0.1, 0.15) is 5.69 Å². The molecule has 98 valence electrons. The van der Waals surface area contributed by atoms with Crippen molar-refractivity contribution in [3.8, 4) is 0 Å². The molecule has 0 saturated carbocycles. The van der Waals surface area contributed by atoms with Gasteiger partial charge in [-0.2, -0.15) is 0 Å². The molecule has 0 atom stereocenters. The van der Waals surface area contributed by atoms with Crippen LogP contribution in [0.1, 0.15) is 24.0 Å². The molecule has 0 unspecified atom stereocenters. The molecule has 0 aromatic heterocycles. The van der Waals surface area contributed by atoms with Crippen molar-refractivity contribution in [2.45, 2.75) is 25.7 Å². The number of anilines is 1. The van der Waals surface area contributed by atoms with Gasteiger partial charge in [0.05, 0.1) is 0 Å². The smallest absolute Gasteiger partial charge is 0.119 e. The summed E-state index contributed by atoms with van der Waals surface area (Å²) in [7, 11) is 1.52. The minimum atomic E-state index is 0.524. The van der Waals surface area contributed by atoms with E-state index in [1.54, 1.807) is 0 Å². The third-order valence-electron chi connectivity index (χ3n) is 3.88. The summed E-state index contributed by atoms with van der Waals surface area (Å²) < 4.78 is 0. The zero-order valence-corrected chi connectivity index (χ0v) is 10.8. The fourth-order valence-corrected chi connectivity index (χ4v) is 3.11. The Morgan fingerprint density at radius 2 is 1.74 bits per heavy atom. The molecule has 0 aliphatic heterocycles. The van der Waals surface area contributed by atoms with Crippen LogP contribution in [0.15, 0.2) is 29.4 Å². The molecular weight excluding hydrogens is 240 g/mol. The van der Waals surface area contributed by atoms with Crippen LogP contribution in [0.5, 0.6) is 0 Å². The van der Waals surface area contributed by atoms with E-state index in [9.17, 15) is 10.1 Å². The first-order valence-electron chi connectivity index (χ1n) is 6.54. The maximum absolute atomic E-state index is 11.9. The maximum Gasteiger partial charge on any atom is 0.119 e. The van der Waals surface area contributed by atoms with Crippen LogP contribution >= 0.6 is 0 Å². The molecule has 0 fully saturated rings. The number of hydrogen-bond acceptors (Lipinski definition) is 4. The average Bonchev–Trinajstić information content (AvgIpc) is 2.44. The van der Waals surface area contributed by atoms with Gasteiger partial charge in [-0.15, -0.1) is 4.91 Å². The summed E-state index contributed by atoms with van der Waals surface area (Å²) in [4.78, 5) is 11.2. The second-order valence-electron chi connectivity index (χ2n) is 5.00. The Bertz CT molecular complexity index is 650. The second kappa shape index (κ2) is 4.63. The van der Waals surface area contributed by atoms with Crippen molar-refractivity contribution in [1.82, 2.24) is 0 Å². The Kier molecular flexibility index (Phi) is 2.95. The first-order chi connectivity index (χ1) is 9.24. The van der Waals surface area contributed by atoms with Crippen molar-refractivity contribution in [3.63, 3.8) is 0 Å². The summed E-state index contributed by atoms with van der Waals surface area (Å²) in [6.45, 7) is 0. The SMILES string of the molecule is CN([O-])c1c2c(c(N=O)c3ccccc13)CCCC2. The van der Waals surface area contributed by atoms with E-state index >= 15 is 0 Å². The fraction of sp³-hybridized carbons (Fsp3) is 0.333. The number of benzene rings is 2. The third kappa shape index (κ3) is 1.79. The lowest BCUT2D eigenvalue weighted by molar-refractivity contribution is 0.687. The van der Waals surface area contributed by atoms with Gasteiger partial charge in [0, 0.05) is 16.5 Å². The fourth-order valence-electron chi connectivity index (χ4n) is 3.11. The predicted octanol–water partition coefficient (Wildman–Crippen LogP) is 4.05. The number of hydrogen-bond donors (Lipinski definition) is 0. The Hall–Kier alpha value is -1.94. The predicted molar refractivity (Wildman–Crippen MR) is 77.8 cm³/mol. The molecule has 0 bridgehead atoms. The lowest BCUT2D eigenvalue weighted by Crippen LogP contribution is -2.14. The van der Waals surface area contributed by atoms with E-state index in [2.05, 4.69) is 5.18 Å². The van der Waals surface area contributed by atoms with Crippen LogP contribution in [0.4, 0.5) is 11.4 Å². The van der Waals surface area contributed by atoms with Gasteiger partial charge in [-0.1, -0.05) is 24.3 Å². The number of hydroxylamine groups is 1. The lowest BCUT2D eigenvalue weighted by Gasteiger charge is -2.32. The second-order valence-corrected chi connectivity index (χ2v) is 5.00. The Labute approximate surface area is 111 Å². The molecule has 0 N–H and O–H groups in total. The van der Waals surface area contributed by atoms with Crippen LogP contribution in [0.3, 0.4) is 0 Å². The van der Waals surface area contributed by atoms with E-state index in [-0.39, 0.29) is 0 Å². The molecule has 1 aliphatic rings. The number of nitroso groups, excluding NO2 is 1. The summed E-state index contributed by atoms with van der Waals surface area (Å²) in [5.41, 5.74) is 3.21. The van der Waals surface area contributed by atoms with Crippen LogP contribution in [0, 0.1) is 10.1 Å². The quantitative estimate of drug-likeness (QED) is 0.600. The van der Waals surface area contributed by atoms with Gasteiger partial charge in [0.2, 0.25) is 0 Å². The number of fused-ring (bicyclic) bond motifs is 2. The van der Waals surface area contributed by atoms with Crippen molar-refractivity contribution in [1.29, 1.82) is 0 Å². The van der Waals surface area contributed by atoms with Crippen molar-refractivity contribution < 1.29 is 0 Å². The van der Waals surface area contributed by atoms with Crippen LogP contribution in [0.2, 0.25) is 0 Å². The van der Waals surface area contributed by atoms with Crippen LogP contribution in [-0.4, -0.2) is 7.05 Å². The van der Waals surface area contributed by atoms with Crippen molar-refractivity contribution in [2.24, 2.45) is 5.18 Å². The Morgan fingerprint density at radius 3 is 2.37 bits per heavy atom. The summed E-state index contributed by atoms with van der Waals surface area (Å²) in [5.74, 6) is 0. The Balaban J connectivity index is 2.47. The highest BCUT2D eigenvalue weighted by atomic mass is 16.5. The molecule has 0 heterocycles. The van der Waals surface area contributed by atoms with E-state index in [0.717, 1.165) is 52.6 Å². The van der Waals surface area contributed by atoms with E-state index in [4.69, 9.17) is 0 Å². The average molecular weight is 255 g/mol. The highest BCUT2D eigenvalue weighted by Gasteiger charge is 2.22. The van der Waals surface area contributed by atoms with Gasteiger partial charge in [-0.05, 0) is 49.0 Å². The molecule has 2 aromatic rings. The van der Waals surface area contributed by atoms with Crippen molar-refractivity contribution in [2.75, 3.05) is 12.1 Å². The molecule has 4 nitrogen and oxygen atoms in total. The van der Waals surface area contributed by atoms with Gasteiger partial charge in [-0.25, -0.2) is 0 Å². The number of rotatable bonds is 2. The molecule has 0 saturated heterocycles. The third-order valence-corrected chi connectivity index (χ3v) is 3.88. The minimum absolute atomic E-state index is 0.524. The summed E-state index contributed by atoms with van der Waals surface area (Å²) in [6, 6.07) is 7.52. The molecule has 1 aliphatic carbocycles. The molecule has 4 heteroatoms. The standard InChI is InChI=1S/C15H15N2O2/c1-17(19)15-12-8-4-2-6-10(12)14(16-18)11-7-3-5-9-13(11)15/h2,4,6,8H,3,5,7,9H2,1H3/q-1. The molecule has 2 aromatic carbocycles. The summed E-state index contributed by atoms with van der Waals surface area (Å²) >= 11 is 0. The van der Waals surface area contributed by atoms with Crippen LogP contribution in [-0.2, 0) is 12.8 Å². The molecule has 3 rings (SSSR count). The summed E-state index contributed by atoms with van der Waals surface area (Å²) in [5, 5.41) is 17.7. The molecule has 0 radical (unpaired) electrons. The highest BCUT2D eigenvalue weighted by molar-refractivity contribution is 6.04. The van der Waals surface area contributed by atoms with Gasteiger partial charge in [-0.3, -0.25) is 0 Å². The van der Waals surface area contributed by atoms with Crippen LogP contribution < -0.4 is 5.06 Å². The van der Waals surface area contributed by atoms with Gasteiger partial charge >= 0.3 is 0 Å². The molecule has 0 amide bonds. The Morgan fingerprint density at radius 1 is 1.11 bits per heavy atom. The normalized spacial score (nSPS) is 14.2. The zero-order chi connectivity index (χ0) is 13.4. The lowest BCUT2D eigenvalue weighted by atomic mass is 9.86. The van der Waals surface area contributed by atoms with E-state index < -0.39 is 0 Å². The highest BCUT2D eigenvalue weighted by Crippen LogP contribution is 2.43. The van der Waals surface area contributed by atoms with E-state index in [1.165, 1.54) is 7.05 Å². The van der Waals surface area contributed by atoms with E-state index in [0.29, 0.717) is 11.4 Å². The minimum Gasteiger partial charge on any atom is -0.758 e. The monoisotopic (exact) mass is 255 g/mol. The maximum atomic E-state index is 11.9. The van der Waals surface area contributed by atoms with Gasteiger partial charge < -0.3 is 10.3 Å². The molecule has 0 spiro atoms. The van der Waals surface area contributed by atoms with Crippen LogP contribution in [0.25, 0.3) is 10.8 Å². The van der Waals surface area contributed by atoms with Gasteiger partial charge in [0.25, 0.3) is 0 Å². The van der Waals surface area contributed by atoms with Gasteiger partial charge in [0.15, 0.2) is 0 Å². The molecule has 19 heavy (non-hydrogen) atoms.